The Morgan fingerprint density at radius 3 is 2.92 bits per heavy atom. The van der Waals surface area contributed by atoms with Gasteiger partial charge in [-0.15, -0.1) is 11.3 Å². The Bertz CT molecular complexity index is 738. The molecule has 2 amide bonds. The fourth-order valence-electron chi connectivity index (χ4n) is 3.94. The maximum Gasteiger partial charge on any atom is 0.322 e. The summed E-state index contributed by atoms with van der Waals surface area (Å²) in [7, 11) is 0. The van der Waals surface area contributed by atoms with Crippen LogP contribution in [-0.4, -0.2) is 30.2 Å². The third-order valence-electron chi connectivity index (χ3n) is 5.30. The summed E-state index contributed by atoms with van der Waals surface area (Å²) >= 11 is 1.69. The van der Waals surface area contributed by atoms with Crippen molar-refractivity contribution in [2.24, 2.45) is 0 Å². The van der Waals surface area contributed by atoms with Gasteiger partial charge in [0.05, 0.1) is 12.6 Å². The molecule has 1 atom stereocenters. The summed E-state index contributed by atoms with van der Waals surface area (Å²) in [5, 5.41) is 5.25. The number of hydrogen-bond acceptors (Lipinski definition) is 3. The van der Waals surface area contributed by atoms with Crippen LogP contribution in [0.5, 0.6) is 0 Å². The van der Waals surface area contributed by atoms with Gasteiger partial charge in [0, 0.05) is 23.7 Å². The van der Waals surface area contributed by atoms with E-state index < -0.39 is 0 Å². The van der Waals surface area contributed by atoms with E-state index in [1.165, 1.54) is 28.8 Å². The van der Waals surface area contributed by atoms with Crippen LogP contribution in [0.2, 0.25) is 0 Å². The van der Waals surface area contributed by atoms with Gasteiger partial charge >= 0.3 is 6.03 Å². The van der Waals surface area contributed by atoms with Crippen LogP contribution in [0.3, 0.4) is 0 Å². The number of thiophene rings is 1. The van der Waals surface area contributed by atoms with Crippen LogP contribution in [0.1, 0.15) is 41.7 Å². The molecule has 0 unspecified atom stereocenters. The third-order valence-corrected chi connectivity index (χ3v) is 6.16. The fourth-order valence-corrected chi connectivity index (χ4v) is 4.66. The van der Waals surface area contributed by atoms with Crippen molar-refractivity contribution < 1.29 is 9.53 Å². The molecule has 1 aromatic heterocycles. The highest BCUT2D eigenvalue weighted by Gasteiger charge is 2.24. The minimum absolute atomic E-state index is 0.0205. The Kier molecular flexibility index (Phi) is 5.56. The topological polar surface area (TPSA) is 41.6 Å². The van der Waals surface area contributed by atoms with Gasteiger partial charge in [0.2, 0.25) is 0 Å². The molecule has 4 rings (SSSR count). The monoisotopic (exact) mass is 370 g/mol. The van der Waals surface area contributed by atoms with E-state index >= 15 is 0 Å². The van der Waals surface area contributed by atoms with Gasteiger partial charge in [-0.3, -0.25) is 0 Å². The number of hydrogen-bond donors (Lipinski definition) is 1. The molecule has 0 bridgehead atoms. The van der Waals surface area contributed by atoms with Gasteiger partial charge in [-0.1, -0.05) is 18.2 Å². The molecule has 138 valence electrons. The number of benzene rings is 1. The minimum atomic E-state index is -0.0205. The molecular weight excluding hydrogens is 344 g/mol. The standard InChI is InChI=1S/C21H26N2O2S/c24-21(22-20-11-3-7-16-6-1-2-10-19(16)20)23(14-17-8-4-12-25-17)15-18-9-5-13-26-18/h3,5,7,9,11,13,17H,1-2,4,6,8,10,12,14-15H2,(H,22,24)/t17-/m1/s1. The number of carbonyl (C=O) groups is 1. The molecular formula is C21H26N2O2S. The zero-order valence-electron chi connectivity index (χ0n) is 15.1. The first-order valence-electron chi connectivity index (χ1n) is 9.60. The Morgan fingerprint density at radius 1 is 1.19 bits per heavy atom. The van der Waals surface area contributed by atoms with E-state index in [4.69, 9.17) is 4.74 Å². The largest absolute Gasteiger partial charge is 0.376 e. The average molecular weight is 371 g/mol. The lowest BCUT2D eigenvalue weighted by Crippen LogP contribution is -2.39. The van der Waals surface area contributed by atoms with Crippen molar-refractivity contribution in [1.82, 2.24) is 4.90 Å². The molecule has 1 saturated heterocycles. The van der Waals surface area contributed by atoms with E-state index in [1.807, 2.05) is 17.0 Å². The summed E-state index contributed by atoms with van der Waals surface area (Å²) in [5.41, 5.74) is 3.69. The Balaban J connectivity index is 1.50. The second-order valence-corrected chi connectivity index (χ2v) is 8.21. The number of fused-ring (bicyclic) bond motifs is 1. The number of rotatable bonds is 5. The van der Waals surface area contributed by atoms with Crippen molar-refractivity contribution in [3.05, 3.63) is 51.7 Å². The van der Waals surface area contributed by atoms with E-state index in [2.05, 4.69) is 28.9 Å². The average Bonchev–Trinajstić information content (AvgIpc) is 3.35. The number of aryl methyl sites for hydroxylation is 1. The smallest absolute Gasteiger partial charge is 0.322 e. The third kappa shape index (κ3) is 4.10. The van der Waals surface area contributed by atoms with Crippen LogP contribution in [0, 0.1) is 0 Å². The molecule has 4 nitrogen and oxygen atoms in total. The number of urea groups is 1. The Labute approximate surface area is 159 Å². The van der Waals surface area contributed by atoms with Gasteiger partial charge in [0.1, 0.15) is 0 Å². The molecule has 0 saturated carbocycles. The van der Waals surface area contributed by atoms with Crippen molar-refractivity contribution in [2.45, 2.75) is 51.2 Å². The zero-order valence-corrected chi connectivity index (χ0v) is 15.9. The van der Waals surface area contributed by atoms with Crippen LogP contribution >= 0.6 is 11.3 Å². The van der Waals surface area contributed by atoms with Crippen molar-refractivity contribution in [3.8, 4) is 0 Å². The number of carbonyl (C=O) groups excluding carboxylic acids is 1. The highest BCUT2D eigenvalue weighted by Crippen LogP contribution is 2.28. The summed E-state index contributed by atoms with van der Waals surface area (Å²) < 4.78 is 5.78. The summed E-state index contributed by atoms with van der Waals surface area (Å²) in [6.45, 7) is 2.10. The van der Waals surface area contributed by atoms with Gasteiger partial charge in [-0.25, -0.2) is 4.79 Å². The zero-order chi connectivity index (χ0) is 17.8. The molecule has 0 spiro atoms. The summed E-state index contributed by atoms with van der Waals surface area (Å²) in [4.78, 5) is 16.2. The predicted molar refractivity (Wildman–Crippen MR) is 106 cm³/mol. The maximum absolute atomic E-state index is 13.1. The van der Waals surface area contributed by atoms with E-state index in [1.54, 1.807) is 11.3 Å². The van der Waals surface area contributed by atoms with Gasteiger partial charge in [-0.2, -0.15) is 0 Å². The van der Waals surface area contributed by atoms with Crippen molar-refractivity contribution in [1.29, 1.82) is 0 Å². The predicted octanol–water partition coefficient (Wildman–Crippen LogP) is 4.84. The summed E-state index contributed by atoms with van der Waals surface area (Å²) in [5.74, 6) is 0. The first-order chi connectivity index (χ1) is 12.8. The second-order valence-electron chi connectivity index (χ2n) is 7.18. The van der Waals surface area contributed by atoms with Crippen LogP contribution in [0.15, 0.2) is 35.7 Å². The van der Waals surface area contributed by atoms with Gasteiger partial charge in [0.15, 0.2) is 0 Å². The number of nitrogens with zero attached hydrogens (tertiary/aromatic N) is 1. The quantitative estimate of drug-likeness (QED) is 0.818. The molecule has 26 heavy (non-hydrogen) atoms. The van der Waals surface area contributed by atoms with E-state index in [0.29, 0.717) is 13.1 Å². The molecule has 1 aliphatic carbocycles. The molecule has 2 aromatic rings. The Hall–Kier alpha value is -1.85. The molecule has 1 N–H and O–H groups in total. The molecule has 2 aliphatic rings. The number of amides is 2. The molecule has 1 aliphatic heterocycles. The highest BCUT2D eigenvalue weighted by molar-refractivity contribution is 7.09. The van der Waals surface area contributed by atoms with Crippen LogP contribution in [-0.2, 0) is 24.1 Å². The molecule has 0 radical (unpaired) electrons. The number of anilines is 1. The lowest BCUT2D eigenvalue weighted by atomic mass is 9.90. The summed E-state index contributed by atoms with van der Waals surface area (Å²) in [6, 6.07) is 10.4. The van der Waals surface area contributed by atoms with Gasteiger partial charge in [0.25, 0.3) is 0 Å². The lowest BCUT2D eigenvalue weighted by Gasteiger charge is -2.27. The van der Waals surface area contributed by atoms with Gasteiger partial charge < -0.3 is 15.0 Å². The number of nitrogens with one attached hydrogen (secondary N) is 1. The van der Waals surface area contributed by atoms with Crippen molar-refractivity contribution >= 4 is 23.1 Å². The van der Waals surface area contributed by atoms with Crippen LogP contribution in [0.25, 0.3) is 0 Å². The number of ether oxygens (including phenoxy) is 1. The van der Waals surface area contributed by atoms with Crippen molar-refractivity contribution in [2.75, 3.05) is 18.5 Å². The van der Waals surface area contributed by atoms with E-state index in [0.717, 1.165) is 38.0 Å². The van der Waals surface area contributed by atoms with Crippen molar-refractivity contribution in [3.63, 3.8) is 0 Å². The summed E-state index contributed by atoms with van der Waals surface area (Å²) in [6.07, 6.45) is 6.91. The van der Waals surface area contributed by atoms with Crippen LogP contribution in [0.4, 0.5) is 10.5 Å². The fraction of sp³-hybridized carbons (Fsp3) is 0.476. The van der Waals surface area contributed by atoms with E-state index in [-0.39, 0.29) is 12.1 Å². The van der Waals surface area contributed by atoms with E-state index in [9.17, 15) is 4.79 Å². The normalized spacial score (nSPS) is 19.2. The first-order valence-corrected chi connectivity index (χ1v) is 10.5. The second kappa shape index (κ2) is 8.23. The maximum atomic E-state index is 13.1. The highest BCUT2D eigenvalue weighted by atomic mass is 32.1. The SMILES string of the molecule is O=C(Nc1cccc2c1CCCC2)N(Cc1cccs1)C[C@H]1CCCO1. The first kappa shape index (κ1) is 17.6. The molecule has 5 heteroatoms. The minimum Gasteiger partial charge on any atom is -0.376 e. The van der Waals surface area contributed by atoms with Crippen LogP contribution < -0.4 is 5.32 Å². The molecule has 1 fully saturated rings. The lowest BCUT2D eigenvalue weighted by molar-refractivity contribution is 0.0821. The Morgan fingerprint density at radius 2 is 2.12 bits per heavy atom. The van der Waals surface area contributed by atoms with Gasteiger partial charge in [-0.05, 0) is 67.2 Å². The molecule has 2 heterocycles. The molecule has 1 aromatic carbocycles.